The van der Waals surface area contributed by atoms with E-state index in [0.29, 0.717) is 10.7 Å². The van der Waals surface area contributed by atoms with Gasteiger partial charge in [0.2, 0.25) is 11.8 Å². The lowest BCUT2D eigenvalue weighted by Crippen LogP contribution is -2.48. The van der Waals surface area contributed by atoms with Crippen LogP contribution in [0.3, 0.4) is 0 Å². The second kappa shape index (κ2) is 12.4. The van der Waals surface area contributed by atoms with E-state index in [2.05, 4.69) is 15.7 Å². The number of hydrogen-bond acceptors (Lipinski definition) is 4. The Hall–Kier alpha value is -4.17. The number of carbonyl (C=O) groups excluding carboxylic acids is 2. The summed E-state index contributed by atoms with van der Waals surface area (Å²) in [6.45, 7) is 5.92. The van der Waals surface area contributed by atoms with E-state index in [9.17, 15) is 14.4 Å². The third-order valence-electron chi connectivity index (χ3n) is 7.95. The van der Waals surface area contributed by atoms with Gasteiger partial charge in [-0.15, -0.1) is 0 Å². The van der Waals surface area contributed by atoms with Crippen LogP contribution >= 0.6 is 11.6 Å². The quantitative estimate of drug-likeness (QED) is 0.255. The first-order valence-electron chi connectivity index (χ1n) is 14.3. The van der Waals surface area contributed by atoms with Crippen LogP contribution in [0, 0.1) is 12.8 Å². The highest BCUT2D eigenvalue weighted by molar-refractivity contribution is 6.31. The minimum atomic E-state index is -0.825. The predicted octanol–water partition coefficient (Wildman–Crippen LogP) is 5.92. The summed E-state index contributed by atoms with van der Waals surface area (Å²) in [5.74, 6) is -0.498. The maximum Gasteiger partial charge on any atom is 0.250 e. The van der Waals surface area contributed by atoms with Gasteiger partial charge in [-0.2, -0.15) is 5.10 Å². The van der Waals surface area contributed by atoms with Gasteiger partial charge in [0.05, 0.1) is 11.9 Å². The molecule has 4 aromatic rings. The lowest BCUT2D eigenvalue weighted by molar-refractivity contribution is -0.131. The van der Waals surface area contributed by atoms with Crippen molar-refractivity contribution in [3.63, 3.8) is 0 Å². The summed E-state index contributed by atoms with van der Waals surface area (Å²) in [6, 6.07) is 15.7. The Bertz CT molecular complexity index is 1650. The standard InChI is InChI=1S/C33H36ClN5O3/c1-20(2)39-19-25(11-15-30(39)40)24-10-14-28(34)26(16-24)17-29(37-32(41)23-6-5-7-23)33(42)36-27-12-8-22(9-13-27)31-21(3)18-35-38(31)4/h8-16,18-20,23,29H,5-7,17H2,1-4H3,(H,36,42)(H,37,41). The molecule has 42 heavy (non-hydrogen) atoms. The lowest BCUT2D eigenvalue weighted by atomic mass is 9.84. The van der Waals surface area contributed by atoms with E-state index >= 15 is 0 Å². The Morgan fingerprint density at radius 2 is 1.71 bits per heavy atom. The van der Waals surface area contributed by atoms with Gasteiger partial charge in [-0.3, -0.25) is 19.1 Å². The molecule has 1 atom stereocenters. The number of nitrogens with zero attached hydrogens (tertiary/aromatic N) is 3. The largest absolute Gasteiger partial charge is 0.344 e. The number of nitrogens with one attached hydrogen (secondary N) is 2. The van der Waals surface area contributed by atoms with Crippen molar-refractivity contribution in [2.24, 2.45) is 13.0 Å². The van der Waals surface area contributed by atoms with Crippen molar-refractivity contribution in [3.8, 4) is 22.4 Å². The molecule has 9 heteroatoms. The number of benzene rings is 2. The number of aryl methyl sites for hydroxylation is 2. The summed E-state index contributed by atoms with van der Waals surface area (Å²) < 4.78 is 3.50. The smallest absolute Gasteiger partial charge is 0.250 e. The third-order valence-corrected chi connectivity index (χ3v) is 8.32. The average Bonchev–Trinajstić information content (AvgIpc) is 3.26. The fourth-order valence-electron chi connectivity index (χ4n) is 5.28. The van der Waals surface area contributed by atoms with Crippen LogP contribution in [0.2, 0.25) is 5.02 Å². The monoisotopic (exact) mass is 585 g/mol. The summed E-state index contributed by atoms with van der Waals surface area (Å²) in [6.07, 6.45) is 6.55. The van der Waals surface area contributed by atoms with E-state index in [4.69, 9.17) is 11.6 Å². The summed E-state index contributed by atoms with van der Waals surface area (Å²) in [4.78, 5) is 38.9. The number of carbonyl (C=O) groups is 2. The molecule has 1 fully saturated rings. The maximum atomic E-state index is 13.6. The lowest BCUT2D eigenvalue weighted by Gasteiger charge is -2.27. The number of aromatic nitrogens is 3. The molecule has 1 unspecified atom stereocenters. The summed E-state index contributed by atoms with van der Waals surface area (Å²) in [5, 5.41) is 10.8. The predicted molar refractivity (Wildman–Crippen MR) is 167 cm³/mol. The molecule has 218 valence electrons. The molecule has 8 nitrogen and oxygen atoms in total. The number of amides is 2. The first kappa shape index (κ1) is 29.3. The van der Waals surface area contributed by atoms with Crippen molar-refractivity contribution in [2.75, 3.05) is 5.32 Å². The molecule has 1 saturated carbocycles. The zero-order chi connectivity index (χ0) is 30.0. The van der Waals surface area contributed by atoms with Crippen LogP contribution < -0.4 is 16.2 Å². The first-order valence-corrected chi connectivity index (χ1v) is 14.7. The molecule has 2 aromatic heterocycles. The topological polar surface area (TPSA) is 98.0 Å². The first-order chi connectivity index (χ1) is 20.1. The molecule has 0 saturated heterocycles. The van der Waals surface area contributed by atoms with Crippen LogP contribution in [0.5, 0.6) is 0 Å². The molecule has 0 bridgehead atoms. The molecule has 2 heterocycles. The van der Waals surface area contributed by atoms with Gasteiger partial charge in [-0.25, -0.2) is 0 Å². The molecule has 2 aromatic carbocycles. The average molecular weight is 586 g/mol. The molecule has 0 radical (unpaired) electrons. The highest BCUT2D eigenvalue weighted by Gasteiger charge is 2.30. The van der Waals surface area contributed by atoms with Crippen molar-refractivity contribution < 1.29 is 9.59 Å². The zero-order valence-corrected chi connectivity index (χ0v) is 25.1. The molecule has 0 spiro atoms. The Labute approximate surface area is 250 Å². The van der Waals surface area contributed by atoms with Crippen LogP contribution in [0.25, 0.3) is 22.4 Å². The third kappa shape index (κ3) is 6.34. The molecule has 5 rings (SSSR count). The molecule has 2 amide bonds. The second-order valence-corrected chi connectivity index (χ2v) is 11.7. The number of rotatable bonds is 9. The molecule has 1 aliphatic rings. The molecular weight excluding hydrogens is 550 g/mol. The Morgan fingerprint density at radius 3 is 2.33 bits per heavy atom. The molecule has 1 aliphatic carbocycles. The van der Waals surface area contributed by atoms with Crippen LogP contribution in [-0.4, -0.2) is 32.2 Å². The van der Waals surface area contributed by atoms with Crippen LogP contribution in [-0.2, 0) is 23.1 Å². The molecule has 0 aliphatic heterocycles. The van der Waals surface area contributed by atoms with E-state index in [1.54, 1.807) is 22.8 Å². The van der Waals surface area contributed by atoms with Gasteiger partial charge in [0.15, 0.2) is 0 Å². The van der Waals surface area contributed by atoms with Gasteiger partial charge < -0.3 is 15.2 Å². The Kier molecular flexibility index (Phi) is 8.64. The number of anilines is 1. The van der Waals surface area contributed by atoms with Crippen molar-refractivity contribution in [1.29, 1.82) is 0 Å². The normalized spacial score (nSPS) is 14.0. The second-order valence-electron chi connectivity index (χ2n) is 11.3. The van der Waals surface area contributed by atoms with Gasteiger partial charge in [-0.1, -0.05) is 36.2 Å². The van der Waals surface area contributed by atoms with Gasteiger partial charge in [-0.05, 0) is 86.2 Å². The van der Waals surface area contributed by atoms with Crippen LogP contribution in [0.4, 0.5) is 5.69 Å². The summed E-state index contributed by atoms with van der Waals surface area (Å²) >= 11 is 6.62. The van der Waals surface area contributed by atoms with Crippen LogP contribution in [0.15, 0.2) is 71.8 Å². The SMILES string of the molecule is Cc1cnn(C)c1-c1ccc(NC(=O)C(Cc2cc(-c3ccc(=O)n(C(C)C)c3)ccc2Cl)NC(=O)C2CCC2)cc1. The van der Waals surface area contributed by atoms with Crippen molar-refractivity contribution >= 4 is 29.1 Å². The van der Waals surface area contributed by atoms with E-state index in [0.717, 1.165) is 52.8 Å². The van der Waals surface area contributed by atoms with Gasteiger partial charge in [0, 0.05) is 54.0 Å². The van der Waals surface area contributed by atoms with E-state index in [1.165, 1.54) is 0 Å². The minimum absolute atomic E-state index is 0.0150. The zero-order valence-electron chi connectivity index (χ0n) is 24.4. The summed E-state index contributed by atoms with van der Waals surface area (Å²) in [7, 11) is 1.90. The number of halogens is 1. The maximum absolute atomic E-state index is 13.6. The fraction of sp³-hybridized carbons (Fsp3) is 0.333. The van der Waals surface area contributed by atoms with Gasteiger partial charge in [0.1, 0.15) is 6.04 Å². The van der Waals surface area contributed by atoms with Crippen molar-refractivity contribution in [2.45, 2.75) is 58.5 Å². The van der Waals surface area contributed by atoms with E-state index in [1.807, 2.05) is 81.3 Å². The van der Waals surface area contributed by atoms with Crippen molar-refractivity contribution in [3.05, 3.63) is 93.5 Å². The molecule has 2 N–H and O–H groups in total. The molecular formula is C33H36ClN5O3. The fourth-order valence-corrected chi connectivity index (χ4v) is 5.48. The summed E-state index contributed by atoms with van der Waals surface area (Å²) in [5.41, 5.74) is 6.09. The van der Waals surface area contributed by atoms with E-state index in [-0.39, 0.29) is 35.8 Å². The van der Waals surface area contributed by atoms with Crippen molar-refractivity contribution in [1.82, 2.24) is 19.7 Å². The Morgan fingerprint density at radius 1 is 1.02 bits per heavy atom. The minimum Gasteiger partial charge on any atom is -0.344 e. The Balaban J connectivity index is 1.39. The van der Waals surface area contributed by atoms with E-state index < -0.39 is 6.04 Å². The van der Waals surface area contributed by atoms with Crippen LogP contribution in [0.1, 0.15) is 50.3 Å². The van der Waals surface area contributed by atoms with Gasteiger partial charge in [0.25, 0.3) is 5.56 Å². The van der Waals surface area contributed by atoms with Gasteiger partial charge >= 0.3 is 0 Å². The highest BCUT2D eigenvalue weighted by Crippen LogP contribution is 2.29. The number of pyridine rings is 1. The number of hydrogen-bond donors (Lipinski definition) is 2. The highest BCUT2D eigenvalue weighted by atomic mass is 35.5.